The van der Waals surface area contributed by atoms with E-state index in [0.717, 1.165) is 0 Å². The molecule has 2 rings (SSSR count). The molecule has 3 nitrogen and oxygen atoms in total. The summed E-state index contributed by atoms with van der Waals surface area (Å²) in [6.07, 6.45) is 0. The summed E-state index contributed by atoms with van der Waals surface area (Å²) in [6.45, 7) is -0.445. The normalized spacial score (nSPS) is 9.39. The summed E-state index contributed by atoms with van der Waals surface area (Å²) in [6, 6.07) is 15.8. The number of benzene rings is 2. The molecule has 0 aliphatic heterocycles. The number of aliphatic hydroxyl groups is 1. The van der Waals surface area contributed by atoms with Gasteiger partial charge >= 0.3 is 0 Å². The van der Waals surface area contributed by atoms with Crippen molar-refractivity contribution in [1.29, 1.82) is 0 Å². The van der Waals surface area contributed by atoms with Gasteiger partial charge in [0.15, 0.2) is 12.6 Å². The molecule has 0 aromatic heterocycles. The third kappa shape index (κ3) is 3.43. The van der Waals surface area contributed by atoms with Crippen molar-refractivity contribution in [1.82, 2.24) is 0 Å². The first-order valence-corrected chi connectivity index (χ1v) is 5.25. The van der Waals surface area contributed by atoms with Crippen LogP contribution in [0.2, 0.25) is 0 Å². The monoisotopic (exact) mass is 251 g/mol. The minimum Gasteiger partial charge on any atom is -0.467 e. The molecule has 0 fully saturated rings. The van der Waals surface area contributed by atoms with Gasteiger partial charge in [0.05, 0.1) is 5.56 Å². The topological polar surface area (TPSA) is 46.5 Å². The van der Waals surface area contributed by atoms with Crippen LogP contribution in [0.3, 0.4) is 0 Å². The van der Waals surface area contributed by atoms with E-state index >= 15 is 0 Å². The van der Waals surface area contributed by atoms with Crippen molar-refractivity contribution in [2.24, 2.45) is 0 Å². The van der Waals surface area contributed by atoms with Crippen LogP contribution in [0.5, 0.6) is 5.75 Å². The fourth-order valence-electron chi connectivity index (χ4n) is 1.59. The Morgan fingerprint density at radius 2 is 1.61 bits per heavy atom. The van der Waals surface area contributed by atoms with Crippen LogP contribution in [0.15, 0.2) is 54.6 Å². The van der Waals surface area contributed by atoms with E-state index in [1.54, 1.807) is 36.4 Å². The molecule has 2 aromatic rings. The number of carbonyl (C=O) groups excluding carboxylic acids is 1. The van der Waals surface area contributed by atoms with Gasteiger partial charge in [-0.2, -0.15) is 0 Å². The average molecular weight is 251 g/mol. The number of rotatable bonds is 4. The van der Waals surface area contributed by atoms with Crippen molar-refractivity contribution in [2.75, 3.05) is 6.79 Å². The molecular formula is C14H12NaO3. The van der Waals surface area contributed by atoms with Crippen molar-refractivity contribution in [3.05, 3.63) is 65.7 Å². The summed E-state index contributed by atoms with van der Waals surface area (Å²) in [4.78, 5) is 12.2. The van der Waals surface area contributed by atoms with E-state index in [4.69, 9.17) is 9.84 Å². The van der Waals surface area contributed by atoms with Crippen LogP contribution >= 0.6 is 0 Å². The minimum atomic E-state index is -0.445. The molecule has 0 saturated carbocycles. The largest absolute Gasteiger partial charge is 0.467 e. The Balaban J connectivity index is 0.00000162. The summed E-state index contributed by atoms with van der Waals surface area (Å²) < 4.78 is 5.01. The zero-order chi connectivity index (χ0) is 12.1. The van der Waals surface area contributed by atoms with E-state index in [9.17, 15) is 4.79 Å². The fourth-order valence-corrected chi connectivity index (χ4v) is 1.59. The van der Waals surface area contributed by atoms with Crippen molar-refractivity contribution >= 4 is 35.3 Å². The summed E-state index contributed by atoms with van der Waals surface area (Å²) in [5, 5.41) is 8.76. The van der Waals surface area contributed by atoms with Crippen LogP contribution in [0.1, 0.15) is 15.9 Å². The Labute approximate surface area is 128 Å². The first-order valence-electron chi connectivity index (χ1n) is 5.25. The second kappa shape index (κ2) is 7.34. The zero-order valence-electron chi connectivity index (χ0n) is 10.2. The van der Waals surface area contributed by atoms with Crippen LogP contribution < -0.4 is 4.74 Å². The predicted octanol–water partition coefficient (Wildman–Crippen LogP) is 1.87. The van der Waals surface area contributed by atoms with Crippen LogP contribution in [0, 0.1) is 0 Å². The maximum atomic E-state index is 12.2. The summed E-state index contributed by atoms with van der Waals surface area (Å²) in [5.41, 5.74) is 1.05. The average Bonchev–Trinajstić information content (AvgIpc) is 2.40. The van der Waals surface area contributed by atoms with Crippen molar-refractivity contribution in [3.63, 3.8) is 0 Å². The summed E-state index contributed by atoms with van der Waals surface area (Å²) in [7, 11) is 0. The molecule has 87 valence electrons. The van der Waals surface area contributed by atoms with Crippen LogP contribution in [-0.2, 0) is 0 Å². The molecule has 2 aromatic carbocycles. The molecule has 1 radical (unpaired) electrons. The maximum Gasteiger partial charge on any atom is 0.196 e. The van der Waals surface area contributed by atoms with Gasteiger partial charge in [-0.3, -0.25) is 4.79 Å². The SMILES string of the molecule is O=C(c1ccccc1)c1ccccc1OCO.[Na]. The Kier molecular flexibility index (Phi) is 6.09. The minimum absolute atomic E-state index is 0. The van der Waals surface area contributed by atoms with Crippen molar-refractivity contribution in [3.8, 4) is 5.75 Å². The molecule has 0 amide bonds. The van der Waals surface area contributed by atoms with Gasteiger partial charge in [0.25, 0.3) is 0 Å². The molecular weight excluding hydrogens is 239 g/mol. The maximum absolute atomic E-state index is 12.2. The van der Waals surface area contributed by atoms with Gasteiger partial charge in [0.2, 0.25) is 0 Å². The third-order valence-electron chi connectivity index (χ3n) is 2.39. The second-order valence-corrected chi connectivity index (χ2v) is 3.46. The summed E-state index contributed by atoms with van der Waals surface area (Å²) >= 11 is 0. The van der Waals surface area contributed by atoms with E-state index in [1.165, 1.54) is 0 Å². The van der Waals surface area contributed by atoms with E-state index < -0.39 is 6.79 Å². The van der Waals surface area contributed by atoms with Crippen LogP contribution in [0.4, 0.5) is 0 Å². The van der Waals surface area contributed by atoms with Gasteiger partial charge in [-0.05, 0) is 12.1 Å². The van der Waals surface area contributed by atoms with Crippen LogP contribution in [0.25, 0.3) is 0 Å². The number of hydrogen-bond donors (Lipinski definition) is 1. The number of aliphatic hydroxyl groups excluding tert-OH is 1. The van der Waals surface area contributed by atoms with E-state index in [-0.39, 0.29) is 35.3 Å². The molecule has 4 heteroatoms. The van der Waals surface area contributed by atoms with E-state index in [2.05, 4.69) is 0 Å². The van der Waals surface area contributed by atoms with Gasteiger partial charge in [-0.15, -0.1) is 0 Å². The molecule has 0 spiro atoms. The van der Waals surface area contributed by atoms with Gasteiger partial charge in [0.1, 0.15) is 5.75 Å². The Bertz CT molecular complexity index is 511. The van der Waals surface area contributed by atoms with Gasteiger partial charge < -0.3 is 9.84 Å². The molecule has 0 atom stereocenters. The van der Waals surface area contributed by atoms with Crippen LogP contribution in [-0.4, -0.2) is 47.2 Å². The number of para-hydroxylation sites is 1. The number of hydrogen-bond acceptors (Lipinski definition) is 3. The van der Waals surface area contributed by atoms with Gasteiger partial charge in [-0.25, -0.2) is 0 Å². The fraction of sp³-hybridized carbons (Fsp3) is 0.0714. The third-order valence-corrected chi connectivity index (χ3v) is 2.39. The quantitative estimate of drug-likeness (QED) is 0.512. The first kappa shape index (κ1) is 14.9. The molecule has 0 aliphatic carbocycles. The van der Waals surface area contributed by atoms with Crippen molar-refractivity contribution < 1.29 is 14.6 Å². The van der Waals surface area contributed by atoms with Gasteiger partial charge in [-0.1, -0.05) is 42.5 Å². The van der Waals surface area contributed by atoms with E-state index in [0.29, 0.717) is 16.9 Å². The summed E-state index contributed by atoms with van der Waals surface area (Å²) in [5.74, 6) is 0.276. The molecule has 0 bridgehead atoms. The Morgan fingerprint density at radius 3 is 2.28 bits per heavy atom. The van der Waals surface area contributed by atoms with Crippen molar-refractivity contribution in [2.45, 2.75) is 0 Å². The second-order valence-electron chi connectivity index (χ2n) is 3.46. The Hall–Kier alpha value is -1.13. The molecule has 0 unspecified atom stereocenters. The molecule has 1 N–H and O–H groups in total. The van der Waals surface area contributed by atoms with Gasteiger partial charge in [0, 0.05) is 35.1 Å². The standard InChI is InChI=1S/C14H12O3.Na/c15-10-17-13-9-5-4-8-12(13)14(16)11-6-2-1-3-7-11;/h1-9,15H,10H2;. The number of carbonyl (C=O) groups is 1. The van der Waals surface area contributed by atoms with E-state index in [1.807, 2.05) is 18.2 Å². The number of ether oxygens (including phenoxy) is 1. The molecule has 0 aliphatic rings. The smallest absolute Gasteiger partial charge is 0.196 e. The first-order chi connectivity index (χ1) is 8.33. The predicted molar refractivity (Wildman–Crippen MR) is 69.8 cm³/mol. The zero-order valence-corrected chi connectivity index (χ0v) is 12.2. The Morgan fingerprint density at radius 1 is 1.00 bits per heavy atom. The molecule has 0 heterocycles. The molecule has 0 saturated heterocycles. The number of ketones is 1. The molecule has 18 heavy (non-hydrogen) atoms.